The molecule has 1 aliphatic rings. The fraction of sp³-hybridized carbons (Fsp3) is 0.533. The highest BCUT2D eigenvalue weighted by atomic mass is 79.9. The van der Waals surface area contributed by atoms with Crippen molar-refractivity contribution in [1.29, 1.82) is 0 Å². The lowest BCUT2D eigenvalue weighted by Gasteiger charge is -2.26. The number of carbonyl (C=O) groups is 1. The van der Waals surface area contributed by atoms with Gasteiger partial charge in [0, 0.05) is 17.4 Å². The predicted molar refractivity (Wildman–Crippen MR) is 81.3 cm³/mol. The first-order valence-electron chi connectivity index (χ1n) is 6.83. The molecule has 1 saturated heterocycles. The molecule has 5 heteroatoms. The molecule has 1 fully saturated rings. The summed E-state index contributed by atoms with van der Waals surface area (Å²) in [6.07, 6.45) is 1.42. The molecule has 0 bridgehead atoms. The highest BCUT2D eigenvalue weighted by Crippen LogP contribution is 2.20. The van der Waals surface area contributed by atoms with Crippen LogP contribution in [0.4, 0.5) is 4.39 Å². The molecule has 1 aliphatic heterocycles. The summed E-state index contributed by atoms with van der Waals surface area (Å²) >= 11 is 3.33. The molecule has 1 heterocycles. The van der Waals surface area contributed by atoms with Crippen molar-refractivity contribution >= 4 is 21.7 Å². The van der Waals surface area contributed by atoms with Crippen LogP contribution in [0.15, 0.2) is 22.7 Å². The Morgan fingerprint density at radius 2 is 2.15 bits per heavy atom. The molecule has 3 nitrogen and oxygen atoms in total. The number of nitrogens with zero attached hydrogens (tertiary/aromatic N) is 2. The van der Waals surface area contributed by atoms with Crippen molar-refractivity contribution in [2.24, 2.45) is 0 Å². The van der Waals surface area contributed by atoms with Crippen LogP contribution in [-0.2, 0) is 11.2 Å². The average molecular weight is 343 g/mol. The molecule has 20 heavy (non-hydrogen) atoms. The molecule has 0 amide bonds. The van der Waals surface area contributed by atoms with Crippen LogP contribution in [0, 0.1) is 5.82 Å². The lowest BCUT2D eigenvalue weighted by molar-refractivity contribution is -0.123. The highest BCUT2D eigenvalue weighted by molar-refractivity contribution is 9.10. The lowest BCUT2D eigenvalue weighted by Crippen LogP contribution is -2.44. The first-order valence-corrected chi connectivity index (χ1v) is 7.62. The van der Waals surface area contributed by atoms with E-state index >= 15 is 0 Å². The Hall–Kier alpha value is -0.780. The van der Waals surface area contributed by atoms with Gasteiger partial charge in [0.05, 0.1) is 6.04 Å². The second-order valence-corrected chi connectivity index (χ2v) is 6.35. The smallest absolute Gasteiger partial charge is 0.155 e. The molecule has 0 radical (unpaired) electrons. The van der Waals surface area contributed by atoms with Crippen molar-refractivity contribution in [3.8, 4) is 0 Å². The quantitative estimate of drug-likeness (QED) is 0.842. The van der Waals surface area contributed by atoms with E-state index in [1.54, 1.807) is 6.07 Å². The van der Waals surface area contributed by atoms with E-state index in [9.17, 15) is 9.18 Å². The van der Waals surface area contributed by atoms with Crippen LogP contribution in [-0.4, -0.2) is 55.4 Å². The fourth-order valence-electron chi connectivity index (χ4n) is 2.59. The van der Waals surface area contributed by atoms with E-state index in [1.165, 1.54) is 12.1 Å². The Kier molecular flexibility index (Phi) is 5.29. The normalized spacial score (nSPS) is 21.7. The summed E-state index contributed by atoms with van der Waals surface area (Å²) in [6, 6.07) is 4.40. The van der Waals surface area contributed by atoms with E-state index in [4.69, 9.17) is 0 Å². The number of Topliss-reactive ketones (excluding diaryl/α,β-unsaturated/α-hetero) is 1. The van der Waals surface area contributed by atoms with Gasteiger partial charge in [-0.3, -0.25) is 9.69 Å². The van der Waals surface area contributed by atoms with Gasteiger partial charge < -0.3 is 4.90 Å². The molecular formula is C15H20BrFN2O. The topological polar surface area (TPSA) is 23.6 Å². The molecule has 1 aromatic carbocycles. The van der Waals surface area contributed by atoms with Crippen molar-refractivity contribution in [3.63, 3.8) is 0 Å². The monoisotopic (exact) mass is 342 g/mol. The summed E-state index contributed by atoms with van der Waals surface area (Å²) in [6.45, 7) is 2.72. The molecule has 110 valence electrons. The average Bonchev–Trinajstić information content (AvgIpc) is 2.54. The molecule has 2 rings (SSSR count). The van der Waals surface area contributed by atoms with Gasteiger partial charge in [0.25, 0.3) is 0 Å². The van der Waals surface area contributed by atoms with Gasteiger partial charge in [-0.15, -0.1) is 0 Å². The molecular weight excluding hydrogens is 323 g/mol. The van der Waals surface area contributed by atoms with Crippen LogP contribution < -0.4 is 0 Å². The van der Waals surface area contributed by atoms with Crippen LogP contribution in [0.5, 0.6) is 0 Å². The van der Waals surface area contributed by atoms with E-state index in [-0.39, 0.29) is 17.6 Å². The van der Waals surface area contributed by atoms with E-state index < -0.39 is 0 Å². The van der Waals surface area contributed by atoms with Crippen LogP contribution in [0.1, 0.15) is 12.0 Å². The van der Waals surface area contributed by atoms with Gasteiger partial charge >= 0.3 is 0 Å². The van der Waals surface area contributed by atoms with Gasteiger partial charge in [-0.2, -0.15) is 0 Å². The minimum atomic E-state index is -0.292. The van der Waals surface area contributed by atoms with Crippen molar-refractivity contribution in [1.82, 2.24) is 9.80 Å². The van der Waals surface area contributed by atoms with E-state index in [0.717, 1.165) is 31.6 Å². The number of halogens is 2. The second-order valence-electron chi connectivity index (χ2n) is 5.49. The number of carbonyl (C=O) groups excluding carboxylic acids is 1. The standard InChI is InChI=1S/C15H20BrFN2O/c1-18-6-3-7-19(2)14(10-18)15(20)8-11-4-5-12(17)9-13(11)16/h4-5,9,14H,3,6-8,10H2,1-2H3. The zero-order valence-corrected chi connectivity index (χ0v) is 13.5. The summed E-state index contributed by atoms with van der Waals surface area (Å²) in [4.78, 5) is 16.9. The molecule has 1 unspecified atom stereocenters. The third kappa shape index (κ3) is 3.87. The number of hydrogen-bond donors (Lipinski definition) is 0. The van der Waals surface area contributed by atoms with Crippen molar-refractivity contribution < 1.29 is 9.18 Å². The fourth-order valence-corrected chi connectivity index (χ4v) is 3.08. The molecule has 1 atom stereocenters. The second kappa shape index (κ2) is 6.78. The van der Waals surface area contributed by atoms with E-state index in [0.29, 0.717) is 10.9 Å². The van der Waals surface area contributed by atoms with Gasteiger partial charge in [-0.1, -0.05) is 22.0 Å². The molecule has 1 aromatic rings. The Balaban J connectivity index is 2.09. The molecule has 0 N–H and O–H groups in total. The summed E-state index contributed by atoms with van der Waals surface area (Å²) in [5.74, 6) is -0.104. The Morgan fingerprint density at radius 3 is 2.85 bits per heavy atom. The summed E-state index contributed by atoms with van der Waals surface area (Å²) in [7, 11) is 4.05. The van der Waals surface area contributed by atoms with Gasteiger partial charge in [-0.05, 0) is 51.3 Å². The summed E-state index contributed by atoms with van der Waals surface area (Å²) < 4.78 is 13.7. The molecule has 0 aromatic heterocycles. The minimum Gasteiger partial charge on any atom is -0.304 e. The number of rotatable bonds is 3. The SMILES string of the molecule is CN1CCCN(C)C(C(=O)Cc2ccc(F)cc2Br)C1. The van der Waals surface area contributed by atoms with Crippen molar-refractivity contribution in [3.05, 3.63) is 34.1 Å². The highest BCUT2D eigenvalue weighted by Gasteiger charge is 2.27. The van der Waals surface area contributed by atoms with E-state index in [2.05, 4.69) is 25.7 Å². The first kappa shape index (κ1) is 15.6. The third-order valence-corrected chi connectivity index (χ3v) is 4.56. The molecule has 0 spiro atoms. The third-order valence-electron chi connectivity index (χ3n) is 3.82. The zero-order chi connectivity index (χ0) is 14.7. The van der Waals surface area contributed by atoms with Crippen molar-refractivity contribution in [2.75, 3.05) is 33.7 Å². The van der Waals surface area contributed by atoms with Gasteiger partial charge in [0.15, 0.2) is 5.78 Å². The Bertz CT molecular complexity index is 495. The first-order chi connectivity index (χ1) is 9.47. The van der Waals surface area contributed by atoms with E-state index in [1.807, 2.05) is 14.1 Å². The predicted octanol–water partition coefficient (Wildman–Crippen LogP) is 2.34. The van der Waals surface area contributed by atoms with Crippen LogP contribution in [0.2, 0.25) is 0 Å². The maximum atomic E-state index is 13.1. The Morgan fingerprint density at radius 1 is 1.40 bits per heavy atom. The summed E-state index contributed by atoms with van der Waals surface area (Å²) in [5, 5.41) is 0. The van der Waals surface area contributed by atoms with Gasteiger partial charge in [0.2, 0.25) is 0 Å². The Labute approximate surface area is 127 Å². The number of benzene rings is 1. The minimum absolute atomic E-state index is 0.0838. The largest absolute Gasteiger partial charge is 0.304 e. The van der Waals surface area contributed by atoms with Crippen molar-refractivity contribution in [2.45, 2.75) is 18.9 Å². The number of likely N-dealkylation sites (N-methyl/N-ethyl adjacent to an activating group) is 2. The van der Waals surface area contributed by atoms with Gasteiger partial charge in [0.1, 0.15) is 5.82 Å². The maximum absolute atomic E-state index is 13.1. The molecule has 0 aliphatic carbocycles. The van der Waals surface area contributed by atoms with Crippen LogP contribution in [0.3, 0.4) is 0 Å². The van der Waals surface area contributed by atoms with Gasteiger partial charge in [-0.25, -0.2) is 4.39 Å². The lowest BCUT2D eigenvalue weighted by atomic mass is 10.0. The maximum Gasteiger partial charge on any atom is 0.155 e. The summed E-state index contributed by atoms with van der Waals surface area (Å²) in [5.41, 5.74) is 0.844. The number of hydrogen-bond acceptors (Lipinski definition) is 3. The van der Waals surface area contributed by atoms with Crippen LogP contribution >= 0.6 is 15.9 Å². The zero-order valence-electron chi connectivity index (χ0n) is 11.9. The number of ketones is 1. The van der Waals surface area contributed by atoms with Crippen LogP contribution in [0.25, 0.3) is 0 Å². The molecule has 0 saturated carbocycles.